The van der Waals surface area contributed by atoms with Crippen molar-refractivity contribution < 1.29 is 17.9 Å². The Morgan fingerprint density at radius 3 is 2.62 bits per heavy atom. The topological polar surface area (TPSA) is 85.4 Å². The fraction of sp³-hybridized carbons (Fsp3) is 0.231. The van der Waals surface area contributed by atoms with E-state index in [1.807, 2.05) is 5.38 Å². The normalized spacial score (nSPS) is 11.1. The molecule has 0 aliphatic carbocycles. The second-order valence-corrected chi connectivity index (χ2v) is 6.82. The zero-order valence-corrected chi connectivity index (χ0v) is 12.9. The van der Waals surface area contributed by atoms with Crippen molar-refractivity contribution in [2.45, 2.75) is 12.8 Å². The number of nitrogens with zero attached hydrogens (tertiary/aromatic N) is 1. The van der Waals surface area contributed by atoms with E-state index in [1.165, 1.54) is 35.6 Å². The molecule has 2 rings (SSSR count). The quantitative estimate of drug-likeness (QED) is 0.648. The van der Waals surface area contributed by atoms with E-state index in [1.54, 1.807) is 5.51 Å². The first-order chi connectivity index (χ1) is 9.92. The van der Waals surface area contributed by atoms with Crippen LogP contribution in [0, 0.1) is 0 Å². The number of rotatable bonds is 6. The maximum absolute atomic E-state index is 11.7. The number of aryl methyl sites for hydroxylation is 1. The fourth-order valence-electron chi connectivity index (χ4n) is 1.58. The number of esters is 1. The summed E-state index contributed by atoms with van der Waals surface area (Å²) in [7, 11) is -3.31. The first-order valence-corrected chi connectivity index (χ1v) is 8.91. The SMILES string of the molecule is CS(=O)(=O)Nc1ccc(OC(=O)CCc2cscn2)cc1. The molecule has 8 heteroatoms. The van der Waals surface area contributed by atoms with Gasteiger partial charge in [-0.2, -0.15) is 0 Å². The van der Waals surface area contributed by atoms with Crippen LogP contribution < -0.4 is 9.46 Å². The first kappa shape index (κ1) is 15.5. The molecule has 0 atom stereocenters. The van der Waals surface area contributed by atoms with E-state index in [4.69, 9.17) is 4.74 Å². The highest BCUT2D eigenvalue weighted by atomic mass is 32.2. The van der Waals surface area contributed by atoms with Crippen LogP contribution in [0.5, 0.6) is 5.75 Å². The maximum atomic E-state index is 11.7. The summed E-state index contributed by atoms with van der Waals surface area (Å²) in [5.74, 6) is 0.0177. The van der Waals surface area contributed by atoms with Gasteiger partial charge in [0.25, 0.3) is 0 Å². The van der Waals surface area contributed by atoms with Crippen LogP contribution in [0.2, 0.25) is 0 Å². The van der Waals surface area contributed by atoms with Crippen LogP contribution in [-0.4, -0.2) is 25.6 Å². The van der Waals surface area contributed by atoms with Crippen LogP contribution in [0.15, 0.2) is 35.2 Å². The molecule has 0 aliphatic rings. The fourth-order valence-corrected chi connectivity index (χ4v) is 2.74. The summed E-state index contributed by atoms with van der Waals surface area (Å²) in [5.41, 5.74) is 3.00. The molecular formula is C13H14N2O4S2. The number of sulfonamides is 1. The Kier molecular flexibility index (Phi) is 4.92. The lowest BCUT2D eigenvalue weighted by Gasteiger charge is -2.06. The van der Waals surface area contributed by atoms with Gasteiger partial charge < -0.3 is 4.74 Å². The predicted octanol–water partition coefficient (Wildman–Crippen LogP) is 2.05. The number of thiazole rings is 1. The van der Waals surface area contributed by atoms with E-state index >= 15 is 0 Å². The molecule has 0 spiro atoms. The summed E-state index contributed by atoms with van der Waals surface area (Å²) < 4.78 is 29.6. The zero-order valence-electron chi connectivity index (χ0n) is 11.3. The van der Waals surface area contributed by atoms with E-state index in [-0.39, 0.29) is 12.4 Å². The first-order valence-electron chi connectivity index (χ1n) is 6.08. The minimum absolute atomic E-state index is 0.243. The molecule has 0 unspecified atom stereocenters. The van der Waals surface area contributed by atoms with Crippen LogP contribution in [0.3, 0.4) is 0 Å². The van der Waals surface area contributed by atoms with Gasteiger partial charge in [0.2, 0.25) is 10.0 Å². The largest absolute Gasteiger partial charge is 0.427 e. The Morgan fingerprint density at radius 2 is 2.05 bits per heavy atom. The van der Waals surface area contributed by atoms with Gasteiger partial charge in [-0.3, -0.25) is 9.52 Å². The Balaban J connectivity index is 1.86. The predicted molar refractivity (Wildman–Crippen MR) is 81.0 cm³/mol. The van der Waals surface area contributed by atoms with Gasteiger partial charge in [0.1, 0.15) is 5.75 Å². The number of hydrogen-bond donors (Lipinski definition) is 1. The number of benzene rings is 1. The zero-order chi connectivity index (χ0) is 15.3. The molecule has 6 nitrogen and oxygen atoms in total. The van der Waals surface area contributed by atoms with Gasteiger partial charge in [0.05, 0.1) is 23.9 Å². The lowest BCUT2D eigenvalue weighted by Crippen LogP contribution is -2.10. The van der Waals surface area contributed by atoms with Crippen LogP contribution in [0.1, 0.15) is 12.1 Å². The molecule has 0 radical (unpaired) electrons. The molecule has 0 saturated heterocycles. The maximum Gasteiger partial charge on any atom is 0.311 e. The van der Waals surface area contributed by atoms with Crippen molar-refractivity contribution in [3.8, 4) is 5.75 Å². The molecule has 1 aromatic heterocycles. The molecule has 21 heavy (non-hydrogen) atoms. The number of nitrogens with one attached hydrogen (secondary N) is 1. The van der Waals surface area contributed by atoms with E-state index in [2.05, 4.69) is 9.71 Å². The van der Waals surface area contributed by atoms with E-state index < -0.39 is 10.0 Å². The molecule has 1 heterocycles. The molecule has 112 valence electrons. The molecule has 2 aromatic rings. The number of anilines is 1. The Hall–Kier alpha value is -1.93. The molecule has 0 fully saturated rings. The van der Waals surface area contributed by atoms with Crippen molar-refractivity contribution in [3.05, 3.63) is 40.8 Å². The summed E-state index contributed by atoms with van der Waals surface area (Å²) >= 11 is 1.48. The van der Waals surface area contributed by atoms with Gasteiger partial charge in [-0.25, -0.2) is 13.4 Å². The molecular weight excluding hydrogens is 312 g/mol. The number of hydrogen-bond acceptors (Lipinski definition) is 6. The highest BCUT2D eigenvalue weighted by Crippen LogP contribution is 2.17. The van der Waals surface area contributed by atoms with E-state index in [9.17, 15) is 13.2 Å². The summed E-state index contributed by atoms with van der Waals surface area (Å²) in [6, 6.07) is 6.14. The monoisotopic (exact) mass is 326 g/mol. The average molecular weight is 326 g/mol. The Bertz CT molecular complexity index is 694. The minimum atomic E-state index is -3.31. The average Bonchev–Trinajstić information content (AvgIpc) is 2.90. The Morgan fingerprint density at radius 1 is 1.33 bits per heavy atom. The van der Waals surface area contributed by atoms with Gasteiger partial charge in [-0.05, 0) is 24.3 Å². The number of aromatic nitrogens is 1. The summed E-state index contributed by atoms with van der Waals surface area (Å²) in [4.78, 5) is 15.7. The van der Waals surface area contributed by atoms with Gasteiger partial charge in [-0.15, -0.1) is 11.3 Å². The number of carbonyl (C=O) groups is 1. The molecule has 1 N–H and O–H groups in total. The van der Waals surface area contributed by atoms with Crippen molar-refractivity contribution in [2.75, 3.05) is 11.0 Å². The van der Waals surface area contributed by atoms with Gasteiger partial charge in [0, 0.05) is 17.5 Å². The van der Waals surface area contributed by atoms with E-state index in [0.717, 1.165) is 11.9 Å². The molecule has 1 aromatic carbocycles. The molecule has 0 bridgehead atoms. The minimum Gasteiger partial charge on any atom is -0.427 e. The van der Waals surface area contributed by atoms with Crippen LogP contribution >= 0.6 is 11.3 Å². The standard InChI is InChI=1S/C13H14N2O4S2/c1-21(17,18)15-10-2-5-12(6-3-10)19-13(16)7-4-11-8-20-9-14-11/h2-3,5-6,8-9,15H,4,7H2,1H3. The Labute approximate surface area is 126 Å². The van der Waals surface area contributed by atoms with Crippen molar-refractivity contribution >= 4 is 33.0 Å². The second-order valence-electron chi connectivity index (χ2n) is 4.35. The summed E-state index contributed by atoms with van der Waals surface area (Å²) in [6.45, 7) is 0. The lowest BCUT2D eigenvalue weighted by molar-refractivity contribution is -0.134. The van der Waals surface area contributed by atoms with Crippen LogP contribution in [-0.2, 0) is 21.2 Å². The van der Waals surface area contributed by atoms with Crippen molar-refractivity contribution in [1.29, 1.82) is 0 Å². The smallest absolute Gasteiger partial charge is 0.311 e. The number of carbonyl (C=O) groups excluding carboxylic acids is 1. The van der Waals surface area contributed by atoms with Crippen molar-refractivity contribution in [3.63, 3.8) is 0 Å². The van der Waals surface area contributed by atoms with E-state index in [0.29, 0.717) is 17.9 Å². The molecule has 0 amide bonds. The third-order valence-electron chi connectivity index (χ3n) is 2.46. The second kappa shape index (κ2) is 6.68. The lowest BCUT2D eigenvalue weighted by atomic mass is 10.2. The highest BCUT2D eigenvalue weighted by molar-refractivity contribution is 7.92. The third-order valence-corrected chi connectivity index (χ3v) is 3.70. The highest BCUT2D eigenvalue weighted by Gasteiger charge is 2.07. The van der Waals surface area contributed by atoms with Gasteiger partial charge in [-0.1, -0.05) is 0 Å². The molecule has 0 aliphatic heterocycles. The van der Waals surface area contributed by atoms with Gasteiger partial charge in [0.15, 0.2) is 0 Å². The van der Waals surface area contributed by atoms with Crippen molar-refractivity contribution in [2.24, 2.45) is 0 Å². The van der Waals surface area contributed by atoms with Crippen LogP contribution in [0.4, 0.5) is 5.69 Å². The summed E-state index contributed by atoms with van der Waals surface area (Å²) in [6.07, 6.45) is 1.85. The summed E-state index contributed by atoms with van der Waals surface area (Å²) in [5, 5.41) is 1.89. The third kappa shape index (κ3) is 5.52. The number of ether oxygens (including phenoxy) is 1. The van der Waals surface area contributed by atoms with Gasteiger partial charge >= 0.3 is 5.97 Å². The molecule has 0 saturated carbocycles. The van der Waals surface area contributed by atoms with Crippen molar-refractivity contribution in [1.82, 2.24) is 4.98 Å². The van der Waals surface area contributed by atoms with Crippen LogP contribution in [0.25, 0.3) is 0 Å².